The predicted molar refractivity (Wildman–Crippen MR) is 78.0 cm³/mol. The van der Waals surface area contributed by atoms with Gasteiger partial charge in [0.2, 0.25) is 0 Å². The molecule has 1 aromatic heterocycles. The number of benzene rings is 1. The average molecular weight is 439 g/mol. The van der Waals surface area contributed by atoms with Gasteiger partial charge in [-0.15, -0.1) is 5.10 Å². The van der Waals surface area contributed by atoms with Crippen LogP contribution in [-0.2, 0) is 6.54 Å². The zero-order chi connectivity index (χ0) is 13.1. The Morgan fingerprint density at radius 2 is 1.94 bits per heavy atom. The highest BCUT2D eigenvalue weighted by atomic mass is 79.9. The van der Waals surface area contributed by atoms with Crippen molar-refractivity contribution in [2.24, 2.45) is 5.16 Å². The molecule has 2 aromatic rings. The lowest BCUT2D eigenvalue weighted by Gasteiger charge is -2.05. The summed E-state index contributed by atoms with van der Waals surface area (Å²) in [6, 6.07) is 3.99. The van der Waals surface area contributed by atoms with Crippen molar-refractivity contribution in [3.8, 4) is 0 Å². The molecule has 0 fully saturated rings. The SMILES string of the molecule is O/N=C/c1cn(Cc2cc(Br)c(Br)c(Br)c2)nn1. The lowest BCUT2D eigenvalue weighted by atomic mass is 10.2. The number of oxime groups is 1. The van der Waals surface area contributed by atoms with E-state index in [0.29, 0.717) is 12.2 Å². The molecule has 2 rings (SSSR count). The Morgan fingerprint density at radius 1 is 1.28 bits per heavy atom. The average Bonchev–Trinajstić information content (AvgIpc) is 2.74. The van der Waals surface area contributed by atoms with Crippen LogP contribution in [0.3, 0.4) is 0 Å². The minimum absolute atomic E-state index is 0.507. The van der Waals surface area contributed by atoms with Crippen molar-refractivity contribution >= 4 is 54.0 Å². The van der Waals surface area contributed by atoms with Crippen LogP contribution in [0.4, 0.5) is 0 Å². The van der Waals surface area contributed by atoms with E-state index in [1.165, 1.54) is 6.21 Å². The van der Waals surface area contributed by atoms with E-state index in [1.54, 1.807) is 10.9 Å². The zero-order valence-electron chi connectivity index (χ0n) is 8.89. The predicted octanol–water partition coefficient (Wildman–Crippen LogP) is 3.42. The van der Waals surface area contributed by atoms with Gasteiger partial charge in [0, 0.05) is 13.4 Å². The number of rotatable bonds is 3. The standard InChI is InChI=1S/C10H7Br3N4O/c11-8-1-6(2-9(12)10(8)13)4-17-5-7(3-14-18)15-16-17/h1-3,5,18H,4H2/b14-3+. The molecule has 8 heteroatoms. The molecule has 0 aliphatic rings. The van der Waals surface area contributed by atoms with Crippen LogP contribution in [0.2, 0.25) is 0 Å². The van der Waals surface area contributed by atoms with Gasteiger partial charge in [-0.25, -0.2) is 4.68 Å². The van der Waals surface area contributed by atoms with E-state index in [-0.39, 0.29) is 0 Å². The molecule has 0 aliphatic carbocycles. The Labute approximate surface area is 128 Å². The number of hydrogen-bond acceptors (Lipinski definition) is 4. The van der Waals surface area contributed by atoms with Gasteiger partial charge in [0.1, 0.15) is 5.69 Å². The molecule has 0 saturated carbocycles. The Balaban J connectivity index is 2.23. The Hall–Kier alpha value is -0.730. The van der Waals surface area contributed by atoms with Crippen molar-refractivity contribution < 1.29 is 5.21 Å². The summed E-state index contributed by atoms with van der Waals surface area (Å²) in [5, 5.41) is 19.1. The monoisotopic (exact) mass is 436 g/mol. The van der Waals surface area contributed by atoms with Crippen LogP contribution in [0.15, 0.2) is 36.9 Å². The van der Waals surface area contributed by atoms with Gasteiger partial charge in [0.05, 0.1) is 19.0 Å². The molecule has 0 spiro atoms. The summed E-state index contributed by atoms with van der Waals surface area (Å²) in [4.78, 5) is 0. The summed E-state index contributed by atoms with van der Waals surface area (Å²) in [6.07, 6.45) is 2.93. The van der Waals surface area contributed by atoms with E-state index in [1.807, 2.05) is 12.1 Å². The molecule has 0 aliphatic heterocycles. The minimum Gasteiger partial charge on any atom is -0.411 e. The van der Waals surface area contributed by atoms with E-state index in [9.17, 15) is 0 Å². The molecule has 0 saturated heterocycles. The second-order valence-corrected chi connectivity index (χ2v) is 5.96. The van der Waals surface area contributed by atoms with Crippen LogP contribution in [0.1, 0.15) is 11.3 Å². The van der Waals surface area contributed by atoms with E-state index in [4.69, 9.17) is 5.21 Å². The molecule has 18 heavy (non-hydrogen) atoms. The Bertz CT molecular complexity index is 574. The van der Waals surface area contributed by atoms with Gasteiger partial charge < -0.3 is 5.21 Å². The van der Waals surface area contributed by atoms with Gasteiger partial charge in [-0.2, -0.15) is 0 Å². The molecule has 1 N–H and O–H groups in total. The lowest BCUT2D eigenvalue weighted by Crippen LogP contribution is -2.00. The summed E-state index contributed by atoms with van der Waals surface area (Å²) >= 11 is 10.4. The molecule has 1 aromatic carbocycles. The Kier molecular flexibility index (Phi) is 4.52. The van der Waals surface area contributed by atoms with Gasteiger partial charge in [-0.05, 0) is 65.5 Å². The van der Waals surface area contributed by atoms with Crippen LogP contribution < -0.4 is 0 Å². The van der Waals surface area contributed by atoms with Crippen molar-refractivity contribution in [3.63, 3.8) is 0 Å². The van der Waals surface area contributed by atoms with E-state index in [0.717, 1.165) is 19.0 Å². The largest absolute Gasteiger partial charge is 0.411 e. The third kappa shape index (κ3) is 3.18. The summed E-state index contributed by atoms with van der Waals surface area (Å²) in [7, 11) is 0. The maximum absolute atomic E-state index is 8.40. The third-order valence-electron chi connectivity index (χ3n) is 2.13. The summed E-state index contributed by atoms with van der Waals surface area (Å²) in [6.45, 7) is 0.580. The molecule has 0 amide bonds. The van der Waals surface area contributed by atoms with Crippen LogP contribution in [0, 0.1) is 0 Å². The van der Waals surface area contributed by atoms with Crippen molar-refractivity contribution in [3.05, 3.63) is 43.0 Å². The topological polar surface area (TPSA) is 63.3 Å². The maximum atomic E-state index is 8.40. The molecule has 0 bridgehead atoms. The number of hydrogen-bond donors (Lipinski definition) is 1. The van der Waals surface area contributed by atoms with Crippen LogP contribution in [-0.4, -0.2) is 26.4 Å². The van der Waals surface area contributed by atoms with Gasteiger partial charge in [-0.1, -0.05) is 10.4 Å². The highest BCUT2D eigenvalue weighted by molar-refractivity contribution is 9.14. The van der Waals surface area contributed by atoms with Gasteiger partial charge >= 0.3 is 0 Å². The molecular weight excluding hydrogens is 432 g/mol. The maximum Gasteiger partial charge on any atom is 0.127 e. The van der Waals surface area contributed by atoms with E-state index in [2.05, 4.69) is 63.3 Å². The highest BCUT2D eigenvalue weighted by Gasteiger charge is 2.06. The first-order valence-electron chi connectivity index (χ1n) is 4.81. The van der Waals surface area contributed by atoms with Crippen molar-refractivity contribution in [2.75, 3.05) is 0 Å². The number of halogens is 3. The number of aromatic nitrogens is 3. The van der Waals surface area contributed by atoms with Gasteiger partial charge in [0.15, 0.2) is 0 Å². The molecule has 0 atom stereocenters. The molecule has 0 unspecified atom stereocenters. The fourth-order valence-corrected chi connectivity index (χ4v) is 2.91. The first-order valence-corrected chi connectivity index (χ1v) is 7.19. The fraction of sp³-hybridized carbons (Fsp3) is 0.100. The summed E-state index contributed by atoms with van der Waals surface area (Å²) < 4.78 is 4.56. The number of nitrogens with zero attached hydrogens (tertiary/aromatic N) is 4. The molecular formula is C10H7Br3N4O. The molecule has 1 heterocycles. The normalized spacial score (nSPS) is 11.3. The fourth-order valence-electron chi connectivity index (χ4n) is 1.40. The van der Waals surface area contributed by atoms with Gasteiger partial charge in [0.25, 0.3) is 0 Å². The van der Waals surface area contributed by atoms with Gasteiger partial charge in [-0.3, -0.25) is 0 Å². The second-order valence-electron chi connectivity index (χ2n) is 3.46. The smallest absolute Gasteiger partial charge is 0.127 e. The molecule has 94 valence electrons. The molecule has 5 nitrogen and oxygen atoms in total. The Morgan fingerprint density at radius 3 is 2.56 bits per heavy atom. The van der Waals surface area contributed by atoms with Crippen LogP contribution >= 0.6 is 47.8 Å². The first kappa shape index (κ1) is 13.7. The van der Waals surface area contributed by atoms with Crippen LogP contribution in [0.25, 0.3) is 0 Å². The summed E-state index contributed by atoms with van der Waals surface area (Å²) in [5.41, 5.74) is 1.57. The molecule has 0 radical (unpaired) electrons. The second kappa shape index (κ2) is 5.94. The lowest BCUT2D eigenvalue weighted by molar-refractivity contribution is 0.321. The quantitative estimate of drug-likeness (QED) is 0.345. The minimum atomic E-state index is 0.507. The van der Waals surface area contributed by atoms with Crippen LogP contribution in [0.5, 0.6) is 0 Å². The van der Waals surface area contributed by atoms with Crippen molar-refractivity contribution in [2.45, 2.75) is 6.54 Å². The zero-order valence-corrected chi connectivity index (χ0v) is 13.6. The first-order chi connectivity index (χ1) is 8.60. The van der Waals surface area contributed by atoms with Crippen molar-refractivity contribution in [1.29, 1.82) is 0 Å². The highest BCUT2D eigenvalue weighted by Crippen LogP contribution is 2.32. The van der Waals surface area contributed by atoms with E-state index >= 15 is 0 Å². The third-order valence-corrected chi connectivity index (χ3v) is 5.30. The summed E-state index contributed by atoms with van der Waals surface area (Å²) in [5.74, 6) is 0. The van der Waals surface area contributed by atoms with Crippen molar-refractivity contribution in [1.82, 2.24) is 15.0 Å². The van der Waals surface area contributed by atoms with E-state index < -0.39 is 0 Å².